The van der Waals surface area contributed by atoms with Gasteiger partial charge in [-0.05, 0) is 30.4 Å². The summed E-state index contributed by atoms with van der Waals surface area (Å²) in [6, 6.07) is 4.94. The number of thiol groups is 1. The van der Waals surface area contributed by atoms with E-state index < -0.39 is 5.97 Å². The molecule has 0 fully saturated rings. The molecule has 0 unspecified atom stereocenters. The molecule has 1 rings (SSSR count). The first-order valence-electron chi connectivity index (χ1n) is 5.23. The van der Waals surface area contributed by atoms with Crippen LogP contribution < -0.4 is 9.47 Å². The van der Waals surface area contributed by atoms with Crippen molar-refractivity contribution in [2.45, 2.75) is 6.42 Å². The van der Waals surface area contributed by atoms with Gasteiger partial charge in [-0.2, -0.15) is 12.6 Å². The van der Waals surface area contributed by atoms with E-state index in [4.69, 9.17) is 9.47 Å². The summed E-state index contributed by atoms with van der Waals surface area (Å²) in [4.78, 5) is 11.3. The van der Waals surface area contributed by atoms with Crippen molar-refractivity contribution in [2.75, 3.05) is 26.6 Å². The van der Waals surface area contributed by atoms with Crippen molar-refractivity contribution >= 4 is 18.6 Å². The van der Waals surface area contributed by atoms with E-state index in [-0.39, 0.29) is 0 Å². The van der Waals surface area contributed by atoms with Crippen LogP contribution in [0.4, 0.5) is 0 Å². The maximum Gasteiger partial charge on any atom is 0.337 e. The highest BCUT2D eigenvalue weighted by molar-refractivity contribution is 7.80. The van der Waals surface area contributed by atoms with Crippen molar-refractivity contribution in [1.29, 1.82) is 0 Å². The normalized spacial score (nSPS) is 9.82. The Morgan fingerprint density at radius 1 is 1.29 bits per heavy atom. The lowest BCUT2D eigenvalue weighted by Gasteiger charge is -2.11. The second-order valence-electron chi connectivity index (χ2n) is 3.28. The highest BCUT2D eigenvalue weighted by atomic mass is 32.1. The molecule has 1 aromatic carbocycles. The second-order valence-corrected chi connectivity index (χ2v) is 3.73. The Morgan fingerprint density at radius 3 is 2.65 bits per heavy atom. The van der Waals surface area contributed by atoms with Gasteiger partial charge in [0.05, 0.1) is 26.4 Å². The average Bonchev–Trinajstić information content (AvgIpc) is 2.38. The zero-order valence-electron chi connectivity index (χ0n) is 9.93. The minimum atomic E-state index is -0.398. The van der Waals surface area contributed by atoms with Gasteiger partial charge in [-0.25, -0.2) is 4.79 Å². The molecule has 0 saturated heterocycles. The van der Waals surface area contributed by atoms with E-state index in [0.717, 1.165) is 12.2 Å². The topological polar surface area (TPSA) is 44.8 Å². The minimum Gasteiger partial charge on any atom is -0.493 e. The van der Waals surface area contributed by atoms with Gasteiger partial charge >= 0.3 is 5.97 Å². The third-order valence-electron chi connectivity index (χ3n) is 2.14. The van der Waals surface area contributed by atoms with Gasteiger partial charge < -0.3 is 14.2 Å². The fourth-order valence-corrected chi connectivity index (χ4v) is 1.41. The zero-order valence-corrected chi connectivity index (χ0v) is 10.8. The van der Waals surface area contributed by atoms with E-state index >= 15 is 0 Å². The van der Waals surface area contributed by atoms with Gasteiger partial charge in [-0.1, -0.05) is 0 Å². The zero-order chi connectivity index (χ0) is 12.7. The average molecular weight is 256 g/mol. The minimum absolute atomic E-state index is 0.398. The molecule has 0 saturated carbocycles. The molecule has 0 radical (unpaired) electrons. The lowest BCUT2D eigenvalue weighted by atomic mass is 10.2. The van der Waals surface area contributed by atoms with Crippen LogP contribution in [-0.4, -0.2) is 32.5 Å². The monoisotopic (exact) mass is 256 g/mol. The van der Waals surface area contributed by atoms with E-state index in [1.165, 1.54) is 14.2 Å². The summed E-state index contributed by atoms with van der Waals surface area (Å²) in [7, 11) is 2.87. The number of hydrogen-bond donors (Lipinski definition) is 1. The first kappa shape index (κ1) is 13.7. The summed E-state index contributed by atoms with van der Waals surface area (Å²) in [6.45, 7) is 0.567. The predicted molar refractivity (Wildman–Crippen MR) is 68.3 cm³/mol. The van der Waals surface area contributed by atoms with Crippen LogP contribution in [-0.2, 0) is 4.74 Å². The van der Waals surface area contributed by atoms with Crippen molar-refractivity contribution in [3.05, 3.63) is 23.8 Å². The Kier molecular flexibility index (Phi) is 5.69. The molecule has 0 aromatic heterocycles. The number of methoxy groups -OCH3 is 2. The molecule has 17 heavy (non-hydrogen) atoms. The number of carbonyl (C=O) groups excluding carboxylic acids is 1. The maximum absolute atomic E-state index is 11.3. The van der Waals surface area contributed by atoms with Crippen LogP contribution in [0.5, 0.6) is 11.5 Å². The molecule has 0 aliphatic heterocycles. The Bertz CT molecular complexity index is 379. The fraction of sp³-hybridized carbons (Fsp3) is 0.417. The molecule has 0 bridgehead atoms. The number of ether oxygens (including phenoxy) is 3. The standard InChI is InChI=1S/C12H16O4S/c1-14-11-8-9(12(13)15-2)4-5-10(11)16-6-3-7-17/h4-5,8,17H,3,6-7H2,1-2H3. The third-order valence-corrected chi connectivity index (χ3v) is 2.46. The van der Waals surface area contributed by atoms with Gasteiger partial charge in [0.1, 0.15) is 0 Å². The number of rotatable bonds is 6. The molecule has 0 spiro atoms. The quantitative estimate of drug-likeness (QED) is 0.481. The van der Waals surface area contributed by atoms with Gasteiger partial charge in [-0.3, -0.25) is 0 Å². The number of carbonyl (C=O) groups is 1. The molecule has 5 heteroatoms. The molecule has 94 valence electrons. The summed E-state index contributed by atoms with van der Waals surface area (Å²) in [5, 5.41) is 0. The molecule has 0 heterocycles. The molecule has 0 aliphatic carbocycles. The molecule has 0 atom stereocenters. The summed E-state index contributed by atoms with van der Waals surface area (Å²) in [5.41, 5.74) is 0.436. The Labute approximate surface area is 106 Å². The van der Waals surface area contributed by atoms with Crippen LogP contribution in [0.15, 0.2) is 18.2 Å². The summed E-state index contributed by atoms with van der Waals surface area (Å²) in [6.07, 6.45) is 0.852. The smallest absolute Gasteiger partial charge is 0.337 e. The predicted octanol–water partition coefficient (Wildman–Crippen LogP) is 2.18. The van der Waals surface area contributed by atoms with Crippen molar-refractivity contribution in [3.8, 4) is 11.5 Å². The lowest BCUT2D eigenvalue weighted by molar-refractivity contribution is 0.0600. The number of benzene rings is 1. The molecule has 0 N–H and O–H groups in total. The highest BCUT2D eigenvalue weighted by Crippen LogP contribution is 2.28. The molecular formula is C12H16O4S. The van der Waals surface area contributed by atoms with Gasteiger partial charge in [-0.15, -0.1) is 0 Å². The van der Waals surface area contributed by atoms with Crippen LogP contribution in [0.2, 0.25) is 0 Å². The highest BCUT2D eigenvalue weighted by Gasteiger charge is 2.10. The van der Waals surface area contributed by atoms with Crippen molar-refractivity contribution in [1.82, 2.24) is 0 Å². The molecule has 4 nitrogen and oxygen atoms in total. The Balaban J connectivity index is 2.81. The van der Waals surface area contributed by atoms with E-state index in [1.807, 2.05) is 0 Å². The summed E-state index contributed by atoms with van der Waals surface area (Å²) in [5.74, 6) is 1.50. The van der Waals surface area contributed by atoms with E-state index in [1.54, 1.807) is 18.2 Å². The van der Waals surface area contributed by atoms with Crippen LogP contribution in [0.25, 0.3) is 0 Å². The number of esters is 1. The lowest BCUT2D eigenvalue weighted by Crippen LogP contribution is -2.04. The van der Waals surface area contributed by atoms with Gasteiger partial charge in [0.25, 0.3) is 0 Å². The first-order chi connectivity index (χ1) is 8.22. The first-order valence-corrected chi connectivity index (χ1v) is 5.86. The van der Waals surface area contributed by atoms with E-state index in [2.05, 4.69) is 17.4 Å². The maximum atomic E-state index is 11.3. The van der Waals surface area contributed by atoms with Gasteiger partial charge in [0.15, 0.2) is 11.5 Å². The summed E-state index contributed by atoms with van der Waals surface area (Å²) < 4.78 is 15.3. The summed E-state index contributed by atoms with van der Waals surface area (Å²) >= 11 is 4.10. The van der Waals surface area contributed by atoms with Crippen molar-refractivity contribution in [3.63, 3.8) is 0 Å². The van der Waals surface area contributed by atoms with Gasteiger partial charge in [0.2, 0.25) is 0 Å². The molecule has 1 aromatic rings. The van der Waals surface area contributed by atoms with Crippen molar-refractivity contribution < 1.29 is 19.0 Å². The fourth-order valence-electron chi connectivity index (χ4n) is 1.28. The molecule has 0 amide bonds. The van der Waals surface area contributed by atoms with Crippen LogP contribution >= 0.6 is 12.6 Å². The molecule has 0 aliphatic rings. The van der Waals surface area contributed by atoms with Crippen LogP contribution in [0.1, 0.15) is 16.8 Å². The van der Waals surface area contributed by atoms with E-state index in [9.17, 15) is 4.79 Å². The SMILES string of the molecule is COC(=O)c1ccc(OCCCS)c(OC)c1. The second kappa shape index (κ2) is 7.06. The van der Waals surface area contributed by atoms with E-state index in [0.29, 0.717) is 23.7 Å². The third kappa shape index (κ3) is 3.85. The largest absolute Gasteiger partial charge is 0.493 e. The Morgan fingerprint density at radius 2 is 2.06 bits per heavy atom. The van der Waals surface area contributed by atoms with Crippen LogP contribution in [0.3, 0.4) is 0 Å². The van der Waals surface area contributed by atoms with Gasteiger partial charge in [0, 0.05) is 0 Å². The van der Waals surface area contributed by atoms with Crippen molar-refractivity contribution in [2.24, 2.45) is 0 Å². The van der Waals surface area contributed by atoms with Crippen LogP contribution in [0, 0.1) is 0 Å². The Hall–Kier alpha value is -1.36. The number of hydrogen-bond acceptors (Lipinski definition) is 5. The molecular weight excluding hydrogens is 240 g/mol.